The highest BCUT2D eigenvalue weighted by Crippen LogP contribution is 2.05. The van der Waals surface area contributed by atoms with E-state index in [1.165, 1.54) is 11.3 Å². The van der Waals surface area contributed by atoms with Crippen molar-refractivity contribution >= 4 is 11.3 Å². The molecule has 0 spiro atoms. The largest absolute Gasteiger partial charge is 0.231 e. The van der Waals surface area contributed by atoms with E-state index in [0.717, 1.165) is 0 Å². The third kappa shape index (κ3) is 0.849. The molecule has 0 fully saturated rings. The van der Waals surface area contributed by atoms with Crippen LogP contribution in [0.2, 0.25) is 0 Å². The van der Waals surface area contributed by atoms with Gasteiger partial charge in [-0.1, -0.05) is 0 Å². The van der Waals surface area contributed by atoms with Crippen LogP contribution in [0.1, 0.15) is 10.7 Å². The lowest BCUT2D eigenvalue weighted by Gasteiger charge is -1.68. The average molecular weight is 123 g/mol. The third-order valence-electron chi connectivity index (χ3n) is 0.666. The van der Waals surface area contributed by atoms with Crippen LogP contribution < -0.4 is 0 Å². The number of nitriles is 1. The maximum absolute atomic E-state index is 8.22. The first kappa shape index (κ1) is 5.26. The summed E-state index contributed by atoms with van der Waals surface area (Å²) in [6, 6.07) is 1.91. The number of hydrogen-bond donors (Lipinski definition) is 0. The fourth-order valence-electron chi connectivity index (χ4n) is 0.362. The molecule has 0 bridgehead atoms. The molecule has 0 N–H and O–H groups in total. The van der Waals surface area contributed by atoms with Crippen LogP contribution in [0.5, 0.6) is 0 Å². The Morgan fingerprint density at radius 2 is 2.62 bits per heavy atom. The topological polar surface area (TPSA) is 36.7 Å². The number of aromatic nitrogens is 1. The molecule has 1 radical (unpaired) electrons. The van der Waals surface area contributed by atoms with Crippen molar-refractivity contribution in [2.45, 2.75) is 0 Å². The standard InChI is InChI=1S/C5H3N2S/c1-4-7-5(2-6)3-8-4/h3H,1H2. The van der Waals surface area contributed by atoms with Crippen molar-refractivity contribution in [2.75, 3.05) is 0 Å². The molecule has 1 aromatic rings. The fraction of sp³-hybridized carbons (Fsp3) is 0. The lowest BCUT2D eigenvalue weighted by atomic mass is 10.6. The van der Waals surface area contributed by atoms with Gasteiger partial charge in [0.05, 0.1) is 5.01 Å². The van der Waals surface area contributed by atoms with E-state index in [-0.39, 0.29) is 0 Å². The van der Waals surface area contributed by atoms with Gasteiger partial charge in [0.1, 0.15) is 6.07 Å². The van der Waals surface area contributed by atoms with Gasteiger partial charge in [-0.3, -0.25) is 0 Å². The van der Waals surface area contributed by atoms with Gasteiger partial charge in [-0.2, -0.15) is 5.26 Å². The number of hydrogen-bond acceptors (Lipinski definition) is 3. The normalized spacial score (nSPS) is 8.50. The zero-order valence-electron chi connectivity index (χ0n) is 4.09. The quantitative estimate of drug-likeness (QED) is 0.519. The summed E-state index contributed by atoms with van der Waals surface area (Å²) in [7, 11) is 0. The first-order valence-corrected chi connectivity index (χ1v) is 2.88. The Hall–Kier alpha value is -0.880. The summed E-state index contributed by atoms with van der Waals surface area (Å²) >= 11 is 1.38. The Morgan fingerprint density at radius 1 is 1.88 bits per heavy atom. The molecular weight excluding hydrogens is 120 g/mol. The summed E-state index contributed by atoms with van der Waals surface area (Å²) in [5.74, 6) is 0. The summed E-state index contributed by atoms with van der Waals surface area (Å²) in [4.78, 5) is 3.78. The Bertz CT molecular complexity index is 221. The molecule has 0 saturated carbocycles. The summed E-state index contributed by atoms with van der Waals surface area (Å²) in [5.41, 5.74) is 0.458. The molecule has 0 aliphatic carbocycles. The lowest BCUT2D eigenvalue weighted by Crippen LogP contribution is -1.69. The molecule has 0 atom stereocenters. The van der Waals surface area contributed by atoms with Gasteiger partial charge in [0.25, 0.3) is 0 Å². The van der Waals surface area contributed by atoms with Crippen molar-refractivity contribution in [1.82, 2.24) is 4.98 Å². The van der Waals surface area contributed by atoms with Crippen molar-refractivity contribution in [3.05, 3.63) is 23.0 Å². The van der Waals surface area contributed by atoms with Gasteiger partial charge < -0.3 is 0 Å². The monoisotopic (exact) mass is 123 g/mol. The van der Waals surface area contributed by atoms with Gasteiger partial charge in [-0.15, -0.1) is 11.3 Å². The maximum atomic E-state index is 8.22. The van der Waals surface area contributed by atoms with Crippen LogP contribution >= 0.6 is 11.3 Å². The first-order chi connectivity index (χ1) is 3.83. The fourth-order valence-corrected chi connectivity index (χ4v) is 0.866. The minimum Gasteiger partial charge on any atom is -0.231 e. The molecule has 0 amide bonds. The Kier molecular flexibility index (Phi) is 1.27. The van der Waals surface area contributed by atoms with Crippen molar-refractivity contribution in [3.63, 3.8) is 0 Å². The number of thiazole rings is 1. The van der Waals surface area contributed by atoms with Crippen LogP contribution in [0.3, 0.4) is 0 Å². The second kappa shape index (κ2) is 1.93. The molecule has 0 aromatic carbocycles. The van der Waals surface area contributed by atoms with Gasteiger partial charge in [0, 0.05) is 12.3 Å². The average Bonchev–Trinajstić information content (AvgIpc) is 2.14. The third-order valence-corrected chi connectivity index (χ3v) is 1.37. The molecule has 1 aromatic heterocycles. The van der Waals surface area contributed by atoms with E-state index >= 15 is 0 Å². The molecule has 39 valence electrons. The van der Waals surface area contributed by atoms with E-state index in [9.17, 15) is 0 Å². The highest BCUT2D eigenvalue weighted by Gasteiger charge is 1.91. The smallest absolute Gasteiger partial charge is 0.151 e. The lowest BCUT2D eigenvalue weighted by molar-refractivity contribution is 1.30. The predicted octanol–water partition coefficient (Wildman–Crippen LogP) is 1.20. The van der Waals surface area contributed by atoms with Crippen LogP contribution in [-0.2, 0) is 0 Å². The predicted molar refractivity (Wildman–Crippen MR) is 31.3 cm³/mol. The first-order valence-electron chi connectivity index (χ1n) is 2.00. The zero-order valence-corrected chi connectivity index (χ0v) is 4.90. The Labute approximate surface area is 51.4 Å². The second-order valence-corrected chi connectivity index (χ2v) is 2.18. The number of nitrogens with zero attached hydrogens (tertiary/aromatic N) is 2. The molecule has 8 heavy (non-hydrogen) atoms. The molecule has 0 aliphatic rings. The van der Waals surface area contributed by atoms with E-state index in [1.807, 2.05) is 6.07 Å². The van der Waals surface area contributed by atoms with Crippen LogP contribution in [0.4, 0.5) is 0 Å². The van der Waals surface area contributed by atoms with Gasteiger partial charge in [-0.25, -0.2) is 4.98 Å². The Morgan fingerprint density at radius 3 is 2.88 bits per heavy atom. The van der Waals surface area contributed by atoms with Crippen molar-refractivity contribution in [2.24, 2.45) is 0 Å². The summed E-state index contributed by atoms with van der Waals surface area (Å²) in [5, 5.41) is 10.6. The molecule has 0 saturated heterocycles. The van der Waals surface area contributed by atoms with Crippen LogP contribution in [0.25, 0.3) is 0 Å². The van der Waals surface area contributed by atoms with Crippen LogP contribution in [0.15, 0.2) is 5.38 Å². The van der Waals surface area contributed by atoms with E-state index in [0.29, 0.717) is 10.7 Å². The summed E-state index contributed by atoms with van der Waals surface area (Å²) < 4.78 is 0. The highest BCUT2D eigenvalue weighted by molar-refractivity contribution is 7.09. The van der Waals surface area contributed by atoms with Gasteiger partial charge in [-0.05, 0) is 0 Å². The van der Waals surface area contributed by atoms with E-state index in [2.05, 4.69) is 11.9 Å². The van der Waals surface area contributed by atoms with Crippen LogP contribution in [0, 0.1) is 18.3 Å². The van der Waals surface area contributed by atoms with Gasteiger partial charge >= 0.3 is 0 Å². The Balaban J connectivity index is 3.05. The highest BCUT2D eigenvalue weighted by atomic mass is 32.1. The molecule has 1 heterocycles. The maximum Gasteiger partial charge on any atom is 0.151 e. The van der Waals surface area contributed by atoms with Gasteiger partial charge in [0.2, 0.25) is 0 Å². The van der Waals surface area contributed by atoms with Gasteiger partial charge in [0.15, 0.2) is 5.69 Å². The summed E-state index contributed by atoms with van der Waals surface area (Å²) in [6.07, 6.45) is 0. The second-order valence-electron chi connectivity index (χ2n) is 1.24. The minimum absolute atomic E-state index is 0.458. The minimum atomic E-state index is 0.458. The SMILES string of the molecule is [CH2]c1nc(C#N)cs1. The van der Waals surface area contributed by atoms with Crippen molar-refractivity contribution < 1.29 is 0 Å². The molecule has 1 rings (SSSR count). The van der Waals surface area contributed by atoms with Crippen molar-refractivity contribution in [1.29, 1.82) is 5.26 Å². The zero-order chi connectivity index (χ0) is 5.98. The van der Waals surface area contributed by atoms with E-state index in [4.69, 9.17) is 5.26 Å². The van der Waals surface area contributed by atoms with E-state index < -0.39 is 0 Å². The molecule has 2 nitrogen and oxygen atoms in total. The molecular formula is C5H3N2S. The van der Waals surface area contributed by atoms with Crippen molar-refractivity contribution in [3.8, 4) is 6.07 Å². The molecule has 0 unspecified atom stereocenters. The molecule has 0 aliphatic heterocycles. The summed E-state index contributed by atoms with van der Waals surface area (Å²) in [6.45, 7) is 3.55. The number of rotatable bonds is 0. The van der Waals surface area contributed by atoms with E-state index in [1.54, 1.807) is 5.38 Å². The molecule has 3 heteroatoms. The van der Waals surface area contributed by atoms with Crippen LogP contribution in [-0.4, -0.2) is 4.98 Å².